The molecule has 0 atom stereocenters. The first kappa shape index (κ1) is 16.5. The van der Waals surface area contributed by atoms with Crippen molar-refractivity contribution in [3.63, 3.8) is 0 Å². The second-order valence-electron chi connectivity index (χ2n) is 4.63. The van der Waals surface area contributed by atoms with Crippen molar-refractivity contribution in [2.24, 2.45) is 0 Å². The summed E-state index contributed by atoms with van der Waals surface area (Å²) in [6.45, 7) is -0.163. The number of ether oxygens (including phenoxy) is 2. The van der Waals surface area contributed by atoms with Crippen LogP contribution in [0.1, 0.15) is 0 Å². The maximum absolute atomic E-state index is 13.1. The summed E-state index contributed by atoms with van der Waals surface area (Å²) in [5.74, 6) is -0.817. The van der Waals surface area contributed by atoms with Crippen molar-refractivity contribution in [1.29, 1.82) is 0 Å². The highest BCUT2D eigenvalue weighted by Crippen LogP contribution is 2.28. The minimum atomic E-state index is -0.720. The van der Waals surface area contributed by atoms with Gasteiger partial charge in [0, 0.05) is 17.8 Å². The molecule has 0 fully saturated rings. The van der Waals surface area contributed by atoms with Gasteiger partial charge in [0.15, 0.2) is 0 Å². The smallest absolute Gasteiger partial charge is 0.243 e. The van der Waals surface area contributed by atoms with E-state index in [0.29, 0.717) is 17.2 Å². The summed E-state index contributed by atoms with van der Waals surface area (Å²) >= 11 is 0. The van der Waals surface area contributed by atoms with Crippen LogP contribution in [0, 0.1) is 11.6 Å². The molecule has 0 aliphatic heterocycles. The summed E-state index contributed by atoms with van der Waals surface area (Å²) in [5.41, 5.74) is 0.610. The molecule has 0 unspecified atom stereocenters. The van der Waals surface area contributed by atoms with Crippen LogP contribution in [0.15, 0.2) is 36.4 Å². The fourth-order valence-corrected chi connectivity index (χ4v) is 1.94. The predicted molar refractivity (Wildman–Crippen MR) is 83.0 cm³/mol. The van der Waals surface area contributed by atoms with Crippen LogP contribution < -0.4 is 20.1 Å². The lowest BCUT2D eigenvalue weighted by molar-refractivity contribution is -0.114. The zero-order valence-electron chi connectivity index (χ0n) is 12.7. The molecule has 2 aromatic rings. The van der Waals surface area contributed by atoms with Crippen LogP contribution in [0.3, 0.4) is 0 Å². The number of hydrogen-bond acceptors (Lipinski definition) is 4. The number of halogens is 2. The Balaban J connectivity index is 2.02. The Kier molecular flexibility index (Phi) is 5.35. The fraction of sp³-hybridized carbons (Fsp3) is 0.188. The van der Waals surface area contributed by atoms with Crippen LogP contribution >= 0.6 is 0 Å². The molecule has 0 saturated carbocycles. The third kappa shape index (κ3) is 4.57. The highest BCUT2D eigenvalue weighted by Gasteiger charge is 2.09. The lowest BCUT2D eigenvalue weighted by Crippen LogP contribution is -2.22. The minimum absolute atomic E-state index is 0.163. The normalized spacial score (nSPS) is 10.1. The van der Waals surface area contributed by atoms with Gasteiger partial charge in [-0.2, -0.15) is 0 Å². The quantitative estimate of drug-likeness (QED) is 0.858. The monoisotopic (exact) mass is 322 g/mol. The van der Waals surface area contributed by atoms with Crippen LogP contribution in [-0.4, -0.2) is 26.7 Å². The topological polar surface area (TPSA) is 59.6 Å². The third-order valence-corrected chi connectivity index (χ3v) is 3.00. The molecule has 0 heterocycles. The van der Waals surface area contributed by atoms with Crippen molar-refractivity contribution in [2.45, 2.75) is 0 Å². The molecule has 1 amide bonds. The summed E-state index contributed by atoms with van der Waals surface area (Å²) in [5, 5.41) is 5.29. The highest BCUT2D eigenvalue weighted by atomic mass is 19.1. The number of carbonyl (C=O) groups excluding carboxylic acids is 1. The zero-order chi connectivity index (χ0) is 16.8. The largest absolute Gasteiger partial charge is 0.497 e. The van der Waals surface area contributed by atoms with Crippen molar-refractivity contribution < 1.29 is 23.0 Å². The Hall–Kier alpha value is -2.83. The van der Waals surface area contributed by atoms with Gasteiger partial charge in [-0.3, -0.25) is 4.79 Å². The molecule has 7 heteroatoms. The van der Waals surface area contributed by atoms with Crippen LogP contribution in [0.25, 0.3) is 0 Å². The first-order valence-electron chi connectivity index (χ1n) is 6.73. The predicted octanol–water partition coefficient (Wildman–Crippen LogP) is 3.03. The van der Waals surface area contributed by atoms with Crippen molar-refractivity contribution in [3.8, 4) is 11.5 Å². The van der Waals surface area contributed by atoms with Gasteiger partial charge >= 0.3 is 0 Å². The Morgan fingerprint density at radius 1 is 1.04 bits per heavy atom. The van der Waals surface area contributed by atoms with Gasteiger partial charge in [-0.25, -0.2) is 8.78 Å². The van der Waals surface area contributed by atoms with Crippen molar-refractivity contribution in [3.05, 3.63) is 48.0 Å². The number of anilines is 2. The molecule has 0 bridgehead atoms. The van der Waals surface area contributed by atoms with Gasteiger partial charge in [0.25, 0.3) is 0 Å². The van der Waals surface area contributed by atoms with Gasteiger partial charge in [0.1, 0.15) is 23.1 Å². The summed E-state index contributed by atoms with van der Waals surface area (Å²) in [6, 6.07) is 7.92. The molecule has 23 heavy (non-hydrogen) atoms. The SMILES string of the molecule is COc1ccc(OC)c(NC(=O)CNc2cc(F)cc(F)c2)c1. The van der Waals surface area contributed by atoms with Gasteiger partial charge in [-0.05, 0) is 24.3 Å². The number of benzene rings is 2. The van der Waals surface area contributed by atoms with E-state index in [1.165, 1.54) is 14.2 Å². The lowest BCUT2D eigenvalue weighted by atomic mass is 10.2. The standard InChI is InChI=1S/C16H16F2N2O3/c1-22-13-3-4-15(23-2)14(8-13)20-16(21)9-19-12-6-10(17)5-11(18)7-12/h3-8,19H,9H2,1-2H3,(H,20,21). The molecule has 2 N–H and O–H groups in total. The van der Waals surface area contributed by atoms with E-state index >= 15 is 0 Å². The van der Waals surface area contributed by atoms with E-state index in [-0.39, 0.29) is 12.2 Å². The van der Waals surface area contributed by atoms with E-state index in [1.807, 2.05) is 0 Å². The van der Waals surface area contributed by atoms with Crippen molar-refractivity contribution in [1.82, 2.24) is 0 Å². The number of amides is 1. The Labute approximate surface area is 132 Å². The average Bonchev–Trinajstić information content (AvgIpc) is 2.52. The van der Waals surface area contributed by atoms with E-state index in [0.717, 1.165) is 18.2 Å². The number of rotatable bonds is 6. The molecule has 0 spiro atoms. The van der Waals surface area contributed by atoms with Crippen molar-refractivity contribution >= 4 is 17.3 Å². The Bertz CT molecular complexity index is 687. The summed E-state index contributed by atoms with van der Waals surface area (Å²) in [4.78, 5) is 12.0. The van der Waals surface area contributed by atoms with E-state index in [9.17, 15) is 13.6 Å². The van der Waals surface area contributed by atoms with Gasteiger partial charge < -0.3 is 20.1 Å². The van der Waals surface area contributed by atoms with Crippen LogP contribution in [0.5, 0.6) is 11.5 Å². The van der Waals surface area contributed by atoms with E-state index < -0.39 is 17.5 Å². The molecule has 0 aromatic heterocycles. The van der Waals surface area contributed by atoms with Crippen LogP contribution in [-0.2, 0) is 4.79 Å². The molecule has 2 rings (SSSR count). The third-order valence-electron chi connectivity index (χ3n) is 3.00. The summed E-state index contributed by atoms with van der Waals surface area (Å²) in [7, 11) is 2.98. The van der Waals surface area contributed by atoms with Gasteiger partial charge in [-0.1, -0.05) is 0 Å². The molecule has 2 aromatic carbocycles. The maximum Gasteiger partial charge on any atom is 0.243 e. The maximum atomic E-state index is 13.1. The molecule has 5 nitrogen and oxygen atoms in total. The second kappa shape index (κ2) is 7.44. The second-order valence-corrected chi connectivity index (χ2v) is 4.63. The molecule has 0 saturated heterocycles. The lowest BCUT2D eigenvalue weighted by Gasteiger charge is -2.12. The van der Waals surface area contributed by atoms with Crippen molar-refractivity contribution in [2.75, 3.05) is 31.4 Å². The Morgan fingerprint density at radius 3 is 2.35 bits per heavy atom. The number of nitrogens with one attached hydrogen (secondary N) is 2. The summed E-state index contributed by atoms with van der Waals surface area (Å²) in [6.07, 6.45) is 0. The number of methoxy groups -OCH3 is 2. The van der Waals surface area contributed by atoms with Gasteiger partial charge in [-0.15, -0.1) is 0 Å². The number of hydrogen-bond donors (Lipinski definition) is 2. The van der Waals surface area contributed by atoms with Gasteiger partial charge in [0.05, 0.1) is 26.5 Å². The molecular weight excluding hydrogens is 306 g/mol. The van der Waals surface area contributed by atoms with E-state index in [4.69, 9.17) is 9.47 Å². The Morgan fingerprint density at radius 2 is 1.74 bits per heavy atom. The average molecular weight is 322 g/mol. The molecule has 0 aliphatic rings. The highest BCUT2D eigenvalue weighted by molar-refractivity contribution is 5.95. The summed E-state index contributed by atoms with van der Waals surface area (Å²) < 4.78 is 36.4. The first-order valence-corrected chi connectivity index (χ1v) is 6.73. The van der Waals surface area contributed by atoms with E-state index in [2.05, 4.69) is 10.6 Å². The van der Waals surface area contributed by atoms with Crippen LogP contribution in [0.2, 0.25) is 0 Å². The number of carbonyl (C=O) groups is 1. The van der Waals surface area contributed by atoms with Gasteiger partial charge in [0.2, 0.25) is 5.91 Å². The minimum Gasteiger partial charge on any atom is -0.497 e. The van der Waals surface area contributed by atoms with E-state index in [1.54, 1.807) is 18.2 Å². The molecule has 0 radical (unpaired) electrons. The fourth-order valence-electron chi connectivity index (χ4n) is 1.94. The van der Waals surface area contributed by atoms with Crippen LogP contribution in [0.4, 0.5) is 20.2 Å². The molecule has 0 aliphatic carbocycles. The molecule has 122 valence electrons. The molecular formula is C16H16F2N2O3. The zero-order valence-corrected chi connectivity index (χ0v) is 12.7. The first-order chi connectivity index (χ1) is 11.0.